The van der Waals surface area contributed by atoms with Gasteiger partial charge in [-0.2, -0.15) is 11.8 Å². The molecule has 1 fully saturated rings. The summed E-state index contributed by atoms with van der Waals surface area (Å²) >= 11 is 1.89. The molecule has 17 heavy (non-hydrogen) atoms. The smallest absolute Gasteiger partial charge is 0.254 e. The van der Waals surface area contributed by atoms with Crippen LogP contribution in [-0.2, 0) is 0 Å². The summed E-state index contributed by atoms with van der Waals surface area (Å²) in [5, 5.41) is 2.76. The predicted octanol–water partition coefficient (Wildman–Crippen LogP) is 1.89. The number of anilines is 1. The maximum Gasteiger partial charge on any atom is 0.254 e. The quantitative estimate of drug-likeness (QED) is 0.810. The van der Waals surface area contributed by atoms with Gasteiger partial charge in [-0.1, -0.05) is 0 Å². The van der Waals surface area contributed by atoms with Gasteiger partial charge in [-0.15, -0.1) is 0 Å². The van der Waals surface area contributed by atoms with Gasteiger partial charge in [-0.3, -0.25) is 4.79 Å². The Morgan fingerprint density at radius 3 is 3.12 bits per heavy atom. The van der Waals surface area contributed by atoms with Gasteiger partial charge in [-0.05, 0) is 42.0 Å². The molecule has 0 spiro atoms. The summed E-state index contributed by atoms with van der Waals surface area (Å²) in [5.74, 6) is 1.81. The van der Waals surface area contributed by atoms with Crippen LogP contribution in [0.25, 0.3) is 0 Å². The number of nitrogens with two attached hydrogens (primary N) is 1. The molecule has 0 aromatic heterocycles. The number of nitrogen functional groups attached to an aromatic ring is 1. The zero-order chi connectivity index (χ0) is 12.3. The number of halogens is 1. The van der Waals surface area contributed by atoms with E-state index in [0.29, 0.717) is 18.2 Å². The van der Waals surface area contributed by atoms with E-state index in [1.54, 1.807) is 0 Å². The van der Waals surface area contributed by atoms with Crippen molar-refractivity contribution in [3.05, 3.63) is 29.6 Å². The molecular formula is C12H15FN2OS. The molecule has 1 aliphatic heterocycles. The van der Waals surface area contributed by atoms with Gasteiger partial charge in [-0.25, -0.2) is 4.39 Å². The number of amides is 1. The van der Waals surface area contributed by atoms with Crippen LogP contribution in [0.3, 0.4) is 0 Å². The number of nitrogens with one attached hydrogen (secondary N) is 1. The molecule has 1 aliphatic rings. The molecule has 1 aromatic carbocycles. The molecule has 0 aliphatic carbocycles. The fourth-order valence-electron chi connectivity index (χ4n) is 1.79. The number of hydrogen-bond donors (Lipinski definition) is 2. The Bertz CT molecular complexity index is 419. The summed E-state index contributed by atoms with van der Waals surface area (Å²) in [6.45, 7) is 0.611. The number of hydrogen-bond acceptors (Lipinski definition) is 3. The summed E-state index contributed by atoms with van der Waals surface area (Å²) in [5.41, 5.74) is 5.95. The molecule has 1 aromatic rings. The highest BCUT2D eigenvalue weighted by molar-refractivity contribution is 7.99. The standard InChI is InChI=1S/C12H15FN2OS/c13-11-2-1-9(14)5-10(11)12(16)15-6-8-3-4-17-7-8/h1-2,5,8H,3-4,6-7,14H2,(H,15,16). The van der Waals surface area contributed by atoms with E-state index in [4.69, 9.17) is 5.73 Å². The SMILES string of the molecule is Nc1ccc(F)c(C(=O)NCC2CCSC2)c1. The van der Waals surface area contributed by atoms with Crippen molar-refractivity contribution in [2.45, 2.75) is 6.42 Å². The van der Waals surface area contributed by atoms with Crippen LogP contribution in [0.2, 0.25) is 0 Å². The van der Waals surface area contributed by atoms with E-state index >= 15 is 0 Å². The molecule has 3 N–H and O–H groups in total. The number of carbonyl (C=O) groups excluding carboxylic acids is 1. The van der Waals surface area contributed by atoms with Crippen LogP contribution in [0.15, 0.2) is 18.2 Å². The Labute approximate surface area is 104 Å². The largest absolute Gasteiger partial charge is 0.399 e. The summed E-state index contributed by atoms with van der Waals surface area (Å²) in [4.78, 5) is 11.8. The van der Waals surface area contributed by atoms with Crippen LogP contribution in [0, 0.1) is 11.7 Å². The van der Waals surface area contributed by atoms with Crippen molar-refractivity contribution in [2.75, 3.05) is 23.8 Å². The normalized spacial score (nSPS) is 19.2. The van der Waals surface area contributed by atoms with E-state index in [9.17, 15) is 9.18 Å². The van der Waals surface area contributed by atoms with Gasteiger partial charge >= 0.3 is 0 Å². The minimum Gasteiger partial charge on any atom is -0.399 e. The lowest BCUT2D eigenvalue weighted by Gasteiger charge is -2.10. The molecule has 1 saturated heterocycles. The van der Waals surface area contributed by atoms with E-state index in [0.717, 1.165) is 17.9 Å². The Morgan fingerprint density at radius 2 is 2.41 bits per heavy atom. The van der Waals surface area contributed by atoms with Crippen molar-refractivity contribution in [3.63, 3.8) is 0 Å². The lowest BCUT2D eigenvalue weighted by atomic mass is 10.1. The maximum absolute atomic E-state index is 13.4. The summed E-state index contributed by atoms with van der Waals surface area (Å²) in [6.07, 6.45) is 1.12. The molecule has 0 bridgehead atoms. The number of benzene rings is 1. The molecule has 92 valence electrons. The Kier molecular flexibility index (Phi) is 3.89. The van der Waals surface area contributed by atoms with E-state index in [1.807, 2.05) is 11.8 Å². The maximum atomic E-state index is 13.4. The minimum absolute atomic E-state index is 0.0238. The van der Waals surface area contributed by atoms with Gasteiger partial charge in [0.15, 0.2) is 0 Å². The molecule has 3 nitrogen and oxygen atoms in total. The van der Waals surface area contributed by atoms with Crippen LogP contribution in [0.1, 0.15) is 16.8 Å². The fraction of sp³-hybridized carbons (Fsp3) is 0.417. The van der Waals surface area contributed by atoms with Gasteiger partial charge in [0, 0.05) is 12.2 Å². The first-order valence-electron chi connectivity index (χ1n) is 5.58. The van der Waals surface area contributed by atoms with Crippen LogP contribution in [0.5, 0.6) is 0 Å². The lowest BCUT2D eigenvalue weighted by Crippen LogP contribution is -2.30. The van der Waals surface area contributed by atoms with Crippen molar-refractivity contribution in [2.24, 2.45) is 5.92 Å². The monoisotopic (exact) mass is 254 g/mol. The van der Waals surface area contributed by atoms with E-state index in [1.165, 1.54) is 18.2 Å². The van der Waals surface area contributed by atoms with Crippen LogP contribution >= 0.6 is 11.8 Å². The number of carbonyl (C=O) groups is 1. The average Bonchev–Trinajstić information content (AvgIpc) is 2.82. The topological polar surface area (TPSA) is 55.1 Å². The van der Waals surface area contributed by atoms with E-state index < -0.39 is 5.82 Å². The summed E-state index contributed by atoms with van der Waals surface area (Å²) in [6, 6.07) is 4.03. The van der Waals surface area contributed by atoms with Crippen molar-refractivity contribution >= 4 is 23.4 Å². The first-order valence-corrected chi connectivity index (χ1v) is 6.73. The molecule has 0 radical (unpaired) electrons. The van der Waals surface area contributed by atoms with E-state index in [-0.39, 0.29) is 11.5 Å². The summed E-state index contributed by atoms with van der Waals surface area (Å²) < 4.78 is 13.4. The van der Waals surface area contributed by atoms with E-state index in [2.05, 4.69) is 5.32 Å². The minimum atomic E-state index is -0.530. The third-order valence-electron chi connectivity index (χ3n) is 2.81. The first kappa shape index (κ1) is 12.2. The van der Waals surface area contributed by atoms with Crippen LogP contribution in [-0.4, -0.2) is 24.0 Å². The van der Waals surface area contributed by atoms with Crippen LogP contribution < -0.4 is 11.1 Å². The third-order valence-corrected chi connectivity index (χ3v) is 4.04. The van der Waals surface area contributed by atoms with Crippen molar-refractivity contribution in [1.82, 2.24) is 5.32 Å². The second kappa shape index (κ2) is 5.40. The highest BCUT2D eigenvalue weighted by Gasteiger charge is 2.18. The lowest BCUT2D eigenvalue weighted by molar-refractivity contribution is 0.0944. The first-order chi connectivity index (χ1) is 8.16. The third kappa shape index (κ3) is 3.12. The van der Waals surface area contributed by atoms with Crippen molar-refractivity contribution < 1.29 is 9.18 Å². The molecule has 0 saturated carbocycles. The molecule has 1 atom stereocenters. The molecule has 5 heteroatoms. The summed E-state index contributed by atoms with van der Waals surface area (Å²) in [7, 11) is 0. The predicted molar refractivity (Wildman–Crippen MR) is 68.6 cm³/mol. The van der Waals surface area contributed by atoms with Crippen molar-refractivity contribution in [1.29, 1.82) is 0 Å². The molecule has 1 heterocycles. The Balaban J connectivity index is 1.96. The zero-order valence-corrected chi connectivity index (χ0v) is 10.2. The highest BCUT2D eigenvalue weighted by Crippen LogP contribution is 2.22. The number of thioether (sulfide) groups is 1. The van der Waals surface area contributed by atoms with Gasteiger partial charge in [0.1, 0.15) is 5.82 Å². The van der Waals surface area contributed by atoms with Gasteiger partial charge < -0.3 is 11.1 Å². The number of rotatable bonds is 3. The second-order valence-electron chi connectivity index (χ2n) is 4.18. The molecule has 1 unspecified atom stereocenters. The van der Waals surface area contributed by atoms with Crippen LogP contribution in [0.4, 0.5) is 10.1 Å². The van der Waals surface area contributed by atoms with Crippen molar-refractivity contribution in [3.8, 4) is 0 Å². The fourth-order valence-corrected chi connectivity index (χ4v) is 3.08. The molecule has 2 rings (SSSR count). The van der Waals surface area contributed by atoms with Gasteiger partial charge in [0.05, 0.1) is 5.56 Å². The van der Waals surface area contributed by atoms with Gasteiger partial charge in [0.25, 0.3) is 5.91 Å². The Morgan fingerprint density at radius 1 is 1.59 bits per heavy atom. The zero-order valence-electron chi connectivity index (χ0n) is 9.41. The Hall–Kier alpha value is -1.23. The second-order valence-corrected chi connectivity index (χ2v) is 5.33. The highest BCUT2D eigenvalue weighted by atomic mass is 32.2. The molecule has 1 amide bonds. The van der Waals surface area contributed by atoms with Gasteiger partial charge in [0.2, 0.25) is 0 Å². The molecular weight excluding hydrogens is 239 g/mol. The average molecular weight is 254 g/mol.